The topological polar surface area (TPSA) is 25.2 Å². The van der Waals surface area contributed by atoms with Gasteiger partial charge in [-0.25, -0.2) is 0 Å². The summed E-state index contributed by atoms with van der Waals surface area (Å²) in [5.74, 6) is -0.114. The maximum Gasteiger partial charge on any atom is 0.270 e. The molecule has 3 nitrogen and oxygen atoms in total. The van der Waals surface area contributed by atoms with Crippen molar-refractivity contribution in [3.63, 3.8) is 0 Å². The van der Waals surface area contributed by atoms with E-state index in [1.54, 1.807) is 17.0 Å². The normalized spacial score (nSPS) is 15.4. The second kappa shape index (κ2) is 8.35. The van der Waals surface area contributed by atoms with Crippen LogP contribution in [0.3, 0.4) is 0 Å². The minimum absolute atomic E-state index is 0.114. The largest absolute Gasteiger partial charge is 0.342 e. The number of hydrogen-bond acceptors (Lipinski definition) is 3. The predicted molar refractivity (Wildman–Crippen MR) is 135 cm³/mol. The van der Waals surface area contributed by atoms with E-state index in [1.807, 2.05) is 48.5 Å². The van der Waals surface area contributed by atoms with E-state index < -0.39 is 0 Å². The number of anilines is 1. The van der Waals surface area contributed by atoms with Crippen molar-refractivity contribution in [2.45, 2.75) is 6.54 Å². The van der Waals surface area contributed by atoms with Gasteiger partial charge in [-0.15, -0.1) is 0 Å². The van der Waals surface area contributed by atoms with E-state index in [0.717, 1.165) is 28.7 Å². The molecule has 6 heteroatoms. The van der Waals surface area contributed by atoms with Crippen LogP contribution in [0.1, 0.15) is 11.1 Å². The molecule has 2 heterocycles. The molecule has 5 rings (SSSR count). The maximum atomic E-state index is 13.1. The fourth-order valence-corrected chi connectivity index (χ4v) is 5.14. The number of amides is 1. The summed E-state index contributed by atoms with van der Waals surface area (Å²) < 4.78 is 2.74. The Bertz CT molecular complexity index is 1330. The summed E-state index contributed by atoms with van der Waals surface area (Å²) in [6, 6.07) is 25.7. The molecule has 0 aliphatic carbocycles. The molecular formula is C25H17ClN2OS2. The highest BCUT2D eigenvalue weighted by atomic mass is 35.5. The maximum absolute atomic E-state index is 13.1. The Labute approximate surface area is 194 Å². The van der Waals surface area contributed by atoms with Crippen LogP contribution < -0.4 is 4.90 Å². The van der Waals surface area contributed by atoms with Crippen LogP contribution in [-0.2, 0) is 11.3 Å². The number of halogens is 1. The number of thioether (sulfide) groups is 1. The summed E-state index contributed by atoms with van der Waals surface area (Å²) in [5.41, 5.74) is 4.08. The third kappa shape index (κ3) is 3.92. The van der Waals surface area contributed by atoms with Gasteiger partial charge >= 0.3 is 0 Å². The first-order valence-corrected chi connectivity index (χ1v) is 11.4. The molecule has 0 spiro atoms. The molecule has 152 valence electrons. The van der Waals surface area contributed by atoms with Crippen LogP contribution >= 0.6 is 35.6 Å². The number of carbonyl (C=O) groups excluding carboxylic acids is 1. The van der Waals surface area contributed by atoms with Crippen molar-refractivity contribution in [1.29, 1.82) is 0 Å². The van der Waals surface area contributed by atoms with Crippen molar-refractivity contribution in [1.82, 2.24) is 4.57 Å². The van der Waals surface area contributed by atoms with Crippen LogP contribution in [0.15, 0.2) is 90.0 Å². The first-order valence-electron chi connectivity index (χ1n) is 9.75. The van der Waals surface area contributed by atoms with Crippen molar-refractivity contribution in [2.24, 2.45) is 0 Å². The Balaban J connectivity index is 1.52. The minimum atomic E-state index is -0.114. The van der Waals surface area contributed by atoms with Crippen LogP contribution in [0.5, 0.6) is 0 Å². The lowest BCUT2D eigenvalue weighted by Crippen LogP contribution is -2.27. The third-order valence-electron chi connectivity index (χ3n) is 5.18. The lowest BCUT2D eigenvalue weighted by atomic mass is 10.1. The average Bonchev–Trinajstić information content (AvgIpc) is 3.26. The summed E-state index contributed by atoms with van der Waals surface area (Å²) in [5, 5.41) is 1.73. The summed E-state index contributed by atoms with van der Waals surface area (Å²) >= 11 is 12.8. The second-order valence-corrected chi connectivity index (χ2v) is 9.32. The monoisotopic (exact) mass is 460 g/mol. The van der Waals surface area contributed by atoms with E-state index in [4.69, 9.17) is 23.8 Å². The standard InChI is InChI=1S/C25H17ClN2OS2/c26-19-10-12-20(13-11-19)28-24(29)23(31-25(28)30)14-18-16-27(15-17-6-2-1-3-7-17)22-9-5-4-8-21(18)22/h1-14,16H,15H2. The highest BCUT2D eigenvalue weighted by molar-refractivity contribution is 8.27. The lowest BCUT2D eigenvalue weighted by Gasteiger charge is -2.14. The molecule has 1 fully saturated rings. The van der Waals surface area contributed by atoms with Gasteiger partial charge in [0.2, 0.25) is 0 Å². The van der Waals surface area contributed by atoms with Crippen molar-refractivity contribution < 1.29 is 4.79 Å². The molecule has 1 amide bonds. The Morgan fingerprint density at radius 1 is 0.935 bits per heavy atom. The van der Waals surface area contributed by atoms with Gasteiger partial charge in [0.1, 0.15) is 0 Å². The van der Waals surface area contributed by atoms with Gasteiger partial charge in [0.25, 0.3) is 5.91 Å². The van der Waals surface area contributed by atoms with Crippen LogP contribution in [-0.4, -0.2) is 14.8 Å². The zero-order valence-corrected chi connectivity index (χ0v) is 18.8. The Morgan fingerprint density at radius 2 is 1.65 bits per heavy atom. The van der Waals surface area contributed by atoms with Crippen LogP contribution in [0.2, 0.25) is 5.02 Å². The molecule has 3 aromatic carbocycles. The van der Waals surface area contributed by atoms with E-state index >= 15 is 0 Å². The number of fused-ring (bicyclic) bond motifs is 1. The van der Waals surface area contributed by atoms with E-state index in [0.29, 0.717) is 14.2 Å². The van der Waals surface area contributed by atoms with E-state index in [9.17, 15) is 4.79 Å². The number of nitrogens with zero attached hydrogens (tertiary/aromatic N) is 2. The smallest absolute Gasteiger partial charge is 0.270 e. The molecule has 0 bridgehead atoms. The fourth-order valence-electron chi connectivity index (χ4n) is 3.72. The molecule has 1 aliphatic heterocycles. The predicted octanol–water partition coefficient (Wildman–Crippen LogP) is 6.75. The Kier molecular flexibility index (Phi) is 5.40. The zero-order chi connectivity index (χ0) is 21.4. The van der Waals surface area contributed by atoms with Gasteiger partial charge in [-0.05, 0) is 42.0 Å². The van der Waals surface area contributed by atoms with Crippen molar-refractivity contribution in [3.05, 3.63) is 106 Å². The van der Waals surface area contributed by atoms with Crippen LogP contribution in [0.25, 0.3) is 17.0 Å². The van der Waals surface area contributed by atoms with Gasteiger partial charge in [-0.3, -0.25) is 9.69 Å². The van der Waals surface area contributed by atoms with Gasteiger partial charge < -0.3 is 4.57 Å². The highest BCUT2D eigenvalue weighted by Gasteiger charge is 2.33. The summed E-state index contributed by atoms with van der Waals surface area (Å²) in [7, 11) is 0. The van der Waals surface area contributed by atoms with Crippen molar-refractivity contribution in [2.75, 3.05) is 4.90 Å². The van der Waals surface area contributed by atoms with Gasteiger partial charge in [0.15, 0.2) is 4.32 Å². The molecule has 0 radical (unpaired) electrons. The number of benzene rings is 3. The summed E-state index contributed by atoms with van der Waals surface area (Å²) in [4.78, 5) is 15.3. The zero-order valence-electron chi connectivity index (χ0n) is 16.4. The number of aromatic nitrogens is 1. The SMILES string of the molecule is O=C1C(=Cc2cn(Cc3ccccc3)c3ccccc23)SC(=S)N1c1ccc(Cl)cc1. The Hall–Kier alpha value is -2.86. The number of thiocarbonyl (C=S) groups is 1. The molecule has 4 aromatic rings. The first kappa shape index (κ1) is 20.1. The molecule has 31 heavy (non-hydrogen) atoms. The first-order chi connectivity index (χ1) is 15.1. The average molecular weight is 461 g/mol. The molecule has 0 N–H and O–H groups in total. The lowest BCUT2D eigenvalue weighted by molar-refractivity contribution is -0.113. The molecule has 1 aliphatic rings. The van der Waals surface area contributed by atoms with Gasteiger partial charge in [-0.2, -0.15) is 0 Å². The summed E-state index contributed by atoms with van der Waals surface area (Å²) in [6.45, 7) is 0.765. The molecular weight excluding hydrogens is 444 g/mol. The van der Waals surface area contributed by atoms with Gasteiger partial charge in [-0.1, -0.05) is 84.1 Å². The third-order valence-corrected chi connectivity index (χ3v) is 6.73. The van der Waals surface area contributed by atoms with E-state index in [2.05, 4.69) is 35.0 Å². The van der Waals surface area contributed by atoms with Crippen molar-refractivity contribution in [3.8, 4) is 0 Å². The molecule has 1 saturated heterocycles. The van der Waals surface area contributed by atoms with Crippen molar-refractivity contribution >= 4 is 68.5 Å². The number of hydrogen-bond donors (Lipinski definition) is 0. The summed E-state index contributed by atoms with van der Waals surface area (Å²) in [6.07, 6.45) is 4.05. The second-order valence-electron chi connectivity index (χ2n) is 7.21. The molecule has 0 atom stereocenters. The molecule has 0 unspecified atom stereocenters. The van der Waals surface area contributed by atoms with E-state index in [-0.39, 0.29) is 5.91 Å². The van der Waals surface area contributed by atoms with Crippen LogP contribution in [0.4, 0.5) is 5.69 Å². The number of rotatable bonds is 4. The quantitative estimate of drug-likeness (QED) is 0.249. The molecule has 1 aromatic heterocycles. The minimum Gasteiger partial charge on any atom is -0.342 e. The fraction of sp³-hybridized carbons (Fsp3) is 0.0400. The van der Waals surface area contributed by atoms with E-state index in [1.165, 1.54) is 17.3 Å². The highest BCUT2D eigenvalue weighted by Crippen LogP contribution is 2.37. The van der Waals surface area contributed by atoms with Gasteiger partial charge in [0.05, 0.1) is 10.6 Å². The number of carbonyl (C=O) groups is 1. The Morgan fingerprint density at radius 3 is 2.42 bits per heavy atom. The van der Waals surface area contributed by atoms with Crippen LogP contribution in [0, 0.1) is 0 Å². The number of para-hydroxylation sites is 1. The molecule has 0 saturated carbocycles. The van der Waals surface area contributed by atoms with Gasteiger partial charge in [0, 0.05) is 34.2 Å².